The molecule has 16 nitrogen and oxygen atoms in total. The average molecular weight is 957 g/mol. The summed E-state index contributed by atoms with van der Waals surface area (Å²) in [6, 6.07) is 0. The molecule has 265 valence electrons. The molecule has 0 atom stereocenters. The molecule has 0 fully saturated rings. The van der Waals surface area contributed by atoms with Crippen molar-refractivity contribution in [2.45, 2.75) is 19.6 Å². The fourth-order valence-electron chi connectivity index (χ4n) is 4.42. The first-order valence-corrected chi connectivity index (χ1v) is 19.9. The SMILES string of the molecule is O=S(=O)([O-])c1c2nc(c(S(=O)(=O)[O-])c3[nH]c(c(Cl)c3Cl)c(S(=O)(=O)[O-])c3[nH]c(c(Cl)c3Cl)c(S(=O)(=O)[O-])c3nc1C(Cl)=C3Cl)C(Cl)=C2Cl.[Mn]. The van der Waals surface area contributed by atoms with Gasteiger partial charge in [0, 0.05) is 17.1 Å². The summed E-state index contributed by atoms with van der Waals surface area (Å²) in [5, 5.41) is -8.14. The monoisotopic (exact) mass is 953 g/mol. The maximum Gasteiger partial charge on any atom is 0.128 e. The van der Waals surface area contributed by atoms with Crippen LogP contribution in [0, 0.1) is 0 Å². The van der Waals surface area contributed by atoms with Gasteiger partial charge in [0.1, 0.15) is 82.8 Å². The molecule has 0 aromatic carbocycles. The molecule has 3 aromatic rings. The maximum atomic E-state index is 12.6. The zero-order valence-corrected chi connectivity index (χ0v) is 32.3. The Labute approximate surface area is 323 Å². The number of aromatic nitrogens is 4. The second kappa shape index (κ2) is 13.2. The number of halogens is 8. The van der Waals surface area contributed by atoms with Crippen molar-refractivity contribution in [2.24, 2.45) is 0 Å². The van der Waals surface area contributed by atoms with Gasteiger partial charge >= 0.3 is 0 Å². The molecule has 0 aliphatic carbocycles. The van der Waals surface area contributed by atoms with Gasteiger partial charge in [-0.3, -0.25) is 0 Å². The first-order chi connectivity index (χ1) is 21.7. The van der Waals surface area contributed by atoms with Crippen molar-refractivity contribution in [3.05, 3.63) is 42.9 Å². The van der Waals surface area contributed by atoms with E-state index in [1.807, 2.05) is 0 Å². The molecule has 0 saturated heterocycles. The predicted octanol–water partition coefficient (Wildman–Crippen LogP) is 5.15. The number of fused-ring (bicyclic) bond motifs is 8. The molecule has 0 amide bonds. The molecule has 0 spiro atoms. The van der Waals surface area contributed by atoms with Crippen LogP contribution in [0.25, 0.3) is 42.2 Å². The van der Waals surface area contributed by atoms with Crippen LogP contribution >= 0.6 is 92.8 Å². The van der Waals surface area contributed by atoms with Gasteiger partial charge in [0.25, 0.3) is 0 Å². The molecular weight excluding hydrogens is 955 g/mol. The topological polar surface area (TPSA) is 286 Å². The van der Waals surface area contributed by atoms with E-state index in [9.17, 15) is 51.9 Å². The van der Waals surface area contributed by atoms with Crippen LogP contribution in [-0.2, 0) is 57.5 Å². The van der Waals surface area contributed by atoms with Gasteiger partial charge in [-0.2, -0.15) is 0 Å². The molecule has 49 heavy (non-hydrogen) atoms. The summed E-state index contributed by atoms with van der Waals surface area (Å²) in [7, 11) is -23.7. The minimum Gasteiger partial charge on any atom is -0.744 e. The van der Waals surface area contributed by atoms with Crippen LogP contribution in [0.2, 0.25) is 20.1 Å². The van der Waals surface area contributed by atoms with Gasteiger partial charge in [-0.05, 0) is 0 Å². The van der Waals surface area contributed by atoms with Crippen LogP contribution < -0.4 is 0 Å². The van der Waals surface area contributed by atoms with Crippen molar-refractivity contribution in [1.82, 2.24) is 19.9 Å². The molecule has 29 heteroatoms. The van der Waals surface area contributed by atoms with E-state index in [2.05, 4.69) is 19.9 Å². The summed E-state index contributed by atoms with van der Waals surface area (Å²) in [4.78, 5) is 5.04. The third kappa shape index (κ3) is 6.75. The van der Waals surface area contributed by atoms with Crippen LogP contribution in [0.1, 0.15) is 22.8 Å². The van der Waals surface area contributed by atoms with E-state index in [1.165, 1.54) is 0 Å². The quantitative estimate of drug-likeness (QED) is 0.253. The van der Waals surface area contributed by atoms with Crippen LogP contribution in [0.3, 0.4) is 0 Å². The first kappa shape index (κ1) is 40.8. The van der Waals surface area contributed by atoms with Gasteiger partial charge < -0.3 is 28.2 Å². The van der Waals surface area contributed by atoms with Gasteiger partial charge in [0.2, 0.25) is 0 Å². The van der Waals surface area contributed by atoms with Crippen molar-refractivity contribution in [2.75, 3.05) is 0 Å². The van der Waals surface area contributed by atoms with Crippen LogP contribution in [-0.4, -0.2) is 71.8 Å². The van der Waals surface area contributed by atoms with E-state index in [4.69, 9.17) is 92.8 Å². The largest absolute Gasteiger partial charge is 0.744 e. The third-order valence-corrected chi connectivity index (χ3v) is 13.2. The molecule has 2 aliphatic rings. The zero-order chi connectivity index (χ0) is 36.4. The number of aromatic amines is 2. The van der Waals surface area contributed by atoms with E-state index < -0.39 is 145 Å². The predicted molar refractivity (Wildman–Crippen MR) is 170 cm³/mol. The molecule has 0 unspecified atom stereocenters. The van der Waals surface area contributed by atoms with Crippen LogP contribution in [0.4, 0.5) is 0 Å². The summed E-state index contributed by atoms with van der Waals surface area (Å²) in [5.41, 5.74) is -9.35. The minimum absolute atomic E-state index is 0. The Morgan fingerprint density at radius 2 is 0.592 bits per heavy atom. The molecule has 1 radical (unpaired) electrons. The molecule has 2 N–H and O–H groups in total. The number of nitrogens with one attached hydrogen (secondary N) is 2. The third-order valence-electron chi connectivity index (χ3n) is 6.20. The van der Waals surface area contributed by atoms with Crippen LogP contribution in [0.15, 0.2) is 19.6 Å². The Balaban J connectivity index is 0.00000541. The minimum atomic E-state index is -5.94. The number of H-pyrrole nitrogens is 2. The standard InChI is InChI=1S/C20H6Cl8N4O12S4.Mn/c21-1-2(22)10-18(46(36,37)38)12-5(25)6(26)14(31-12)20(48(42,43)44)16-8(28)7(27)15(32-16)19(47(39,40)41)13-4(24)3(23)11(30-13)17(9(1)29-10)45(33,34)35;/h29-30H,(H,33,34,35)(H,36,37,38)(H,39,40,41)(H,42,43,44);/p-4. The van der Waals surface area contributed by atoms with E-state index >= 15 is 0 Å². The van der Waals surface area contributed by atoms with Gasteiger partial charge in [-0.25, -0.2) is 43.6 Å². The molecule has 5 rings (SSSR count). The van der Waals surface area contributed by atoms with E-state index in [-0.39, 0.29) is 17.1 Å². The molecule has 3 aromatic heterocycles. The van der Waals surface area contributed by atoms with Gasteiger partial charge in [-0.15, -0.1) is 0 Å². The van der Waals surface area contributed by atoms with Crippen molar-refractivity contribution >= 4 is 175 Å². The van der Waals surface area contributed by atoms with Crippen molar-refractivity contribution in [1.29, 1.82) is 0 Å². The molecule has 8 bridgehead atoms. The summed E-state index contributed by atoms with van der Waals surface area (Å²) in [6.07, 6.45) is 0. The van der Waals surface area contributed by atoms with E-state index in [1.54, 1.807) is 0 Å². The Hall–Kier alpha value is -0.921. The molecule has 2 aliphatic heterocycles. The maximum absolute atomic E-state index is 12.6. The summed E-state index contributed by atoms with van der Waals surface area (Å²) >= 11 is 49.4. The summed E-state index contributed by atoms with van der Waals surface area (Å²) < 4.78 is 152. The second-order valence-electron chi connectivity index (χ2n) is 9.01. The average Bonchev–Trinajstić information content (AvgIpc) is 3.55. The fraction of sp³-hybridized carbons (Fsp3) is 0. The Morgan fingerprint density at radius 3 is 0.816 bits per heavy atom. The fourth-order valence-corrected chi connectivity index (χ4v) is 9.87. The van der Waals surface area contributed by atoms with Crippen molar-refractivity contribution < 1.29 is 69.0 Å². The molecule has 5 heterocycles. The number of nitrogens with zero attached hydrogens (tertiary/aromatic N) is 2. The first-order valence-electron chi connectivity index (χ1n) is 11.2. The van der Waals surface area contributed by atoms with E-state index in [0.29, 0.717) is 0 Å². The number of hydrogen-bond acceptors (Lipinski definition) is 14. The van der Waals surface area contributed by atoms with E-state index in [0.717, 1.165) is 0 Å². The smallest absolute Gasteiger partial charge is 0.128 e. The van der Waals surface area contributed by atoms with Crippen LogP contribution in [0.5, 0.6) is 0 Å². The summed E-state index contributed by atoms with van der Waals surface area (Å²) in [5.74, 6) is 0. The van der Waals surface area contributed by atoms with Crippen molar-refractivity contribution in [3.8, 4) is 0 Å². The van der Waals surface area contributed by atoms with Gasteiger partial charge in [-0.1, -0.05) is 92.8 Å². The van der Waals surface area contributed by atoms with Gasteiger partial charge in [0.15, 0.2) is 0 Å². The van der Waals surface area contributed by atoms with Crippen molar-refractivity contribution in [3.63, 3.8) is 0 Å². The van der Waals surface area contributed by atoms with Gasteiger partial charge in [0.05, 0.1) is 62.3 Å². The zero-order valence-electron chi connectivity index (χ0n) is 21.8. The summed E-state index contributed by atoms with van der Waals surface area (Å²) in [6.45, 7) is 0. The Morgan fingerprint density at radius 1 is 0.388 bits per heavy atom. The molecule has 0 saturated carbocycles. The Bertz CT molecular complexity index is 2610. The normalized spacial score (nSPS) is 14.4. The molecular formula is C20H2Cl8MnN4O12S4-4. The second-order valence-corrected chi connectivity index (χ2v) is 17.3. The number of hydrogen-bond donors (Lipinski definition) is 2. The Kier molecular flexibility index (Phi) is 11.0. The number of rotatable bonds is 4.